The maximum absolute atomic E-state index is 14.2. The van der Waals surface area contributed by atoms with Gasteiger partial charge in [0.2, 0.25) is 0 Å². The summed E-state index contributed by atoms with van der Waals surface area (Å²) < 4.78 is 22.4. The number of anilines is 2. The van der Waals surface area contributed by atoms with Gasteiger partial charge < -0.3 is 38.8 Å². The van der Waals surface area contributed by atoms with Crippen molar-refractivity contribution in [3.05, 3.63) is 47.7 Å². The molecule has 13 heteroatoms. The normalized spacial score (nSPS) is 17.6. The molecule has 2 aromatic carbocycles. The number of hydrogen-bond acceptors (Lipinski definition) is 10. The maximum atomic E-state index is 14.2. The third-order valence-corrected chi connectivity index (χ3v) is 8.25. The molecule has 2 fully saturated rings. The lowest BCUT2D eigenvalue weighted by molar-refractivity contribution is 0.0356. The second kappa shape index (κ2) is 13.6. The summed E-state index contributed by atoms with van der Waals surface area (Å²) in [5.41, 5.74) is 1.79. The van der Waals surface area contributed by atoms with Crippen LogP contribution in [0.4, 0.5) is 16.3 Å². The molecular weight excluding hydrogens is 568 g/mol. The van der Waals surface area contributed by atoms with E-state index in [1.54, 1.807) is 12.0 Å². The Morgan fingerprint density at radius 3 is 2.57 bits per heavy atom. The Hall–Kier alpha value is -4.20. The van der Waals surface area contributed by atoms with Crippen LogP contribution in [0.2, 0.25) is 0 Å². The van der Waals surface area contributed by atoms with E-state index in [1.807, 2.05) is 41.3 Å². The van der Waals surface area contributed by atoms with Crippen molar-refractivity contribution in [2.75, 3.05) is 95.9 Å². The van der Waals surface area contributed by atoms with Crippen molar-refractivity contribution in [2.45, 2.75) is 12.8 Å². The molecular formula is C31H38N6O7. The van der Waals surface area contributed by atoms with Crippen molar-refractivity contribution < 1.29 is 33.6 Å². The van der Waals surface area contributed by atoms with Gasteiger partial charge in [0, 0.05) is 76.5 Å². The Morgan fingerprint density at radius 1 is 1.00 bits per heavy atom. The number of ether oxygens (including phenoxy) is 4. The Kier molecular flexibility index (Phi) is 9.24. The predicted molar refractivity (Wildman–Crippen MR) is 163 cm³/mol. The lowest BCUT2D eigenvalue weighted by Crippen LogP contribution is -2.49. The molecule has 1 N–H and O–H groups in total. The molecule has 0 bridgehead atoms. The zero-order valence-electron chi connectivity index (χ0n) is 24.9. The highest BCUT2D eigenvalue weighted by Crippen LogP contribution is 2.37. The first-order valence-electron chi connectivity index (χ1n) is 15.0. The first kappa shape index (κ1) is 29.9. The zero-order chi connectivity index (χ0) is 30.5. The predicted octanol–water partition coefficient (Wildman–Crippen LogP) is 2.72. The molecule has 2 saturated heterocycles. The van der Waals surface area contributed by atoms with Gasteiger partial charge in [0.1, 0.15) is 17.3 Å². The molecule has 0 atom stereocenters. The molecule has 3 aliphatic rings. The van der Waals surface area contributed by atoms with E-state index in [9.17, 15) is 14.7 Å². The van der Waals surface area contributed by atoms with Gasteiger partial charge in [0.25, 0.3) is 5.91 Å². The smallest absolute Gasteiger partial charge is 0.407 e. The van der Waals surface area contributed by atoms with Gasteiger partial charge in [-0.25, -0.2) is 4.79 Å². The van der Waals surface area contributed by atoms with E-state index in [2.05, 4.69) is 9.88 Å². The number of methoxy groups -OCH3 is 1. The van der Waals surface area contributed by atoms with Gasteiger partial charge in [-0.15, -0.1) is 0 Å². The fraction of sp³-hybridized carbons (Fsp3) is 0.484. The number of hydrogen-bond donors (Lipinski definition) is 1. The van der Waals surface area contributed by atoms with E-state index in [1.165, 1.54) is 4.90 Å². The molecule has 44 heavy (non-hydrogen) atoms. The molecule has 2 amide bonds. The van der Waals surface area contributed by atoms with E-state index in [-0.39, 0.29) is 18.7 Å². The van der Waals surface area contributed by atoms with Crippen LogP contribution in [-0.4, -0.2) is 123 Å². The number of carboxylic acid groups (broad SMARTS) is 1. The number of morpholine rings is 1. The van der Waals surface area contributed by atoms with E-state index in [4.69, 9.17) is 23.9 Å². The SMILES string of the molecule is COCOc1cc(N2CCc3c(nc(OCCCN4CCOCC4)nc3N3CCN(C(=O)O)CC3)C2=O)c2ccccc2c1. The number of amides is 2. The number of carbonyl (C=O) groups excluding carboxylic acids is 1. The van der Waals surface area contributed by atoms with Crippen LogP contribution in [0, 0.1) is 0 Å². The Labute approximate surface area is 255 Å². The van der Waals surface area contributed by atoms with Gasteiger partial charge in [0.05, 0.1) is 25.5 Å². The maximum Gasteiger partial charge on any atom is 0.407 e. The minimum absolute atomic E-state index is 0.0898. The van der Waals surface area contributed by atoms with Crippen molar-refractivity contribution in [1.29, 1.82) is 0 Å². The van der Waals surface area contributed by atoms with Crippen LogP contribution < -0.4 is 19.3 Å². The monoisotopic (exact) mass is 606 g/mol. The molecule has 0 radical (unpaired) electrons. The molecule has 13 nitrogen and oxygen atoms in total. The summed E-state index contributed by atoms with van der Waals surface area (Å²) in [7, 11) is 1.56. The van der Waals surface area contributed by atoms with E-state index >= 15 is 0 Å². The average Bonchev–Trinajstić information content (AvgIpc) is 3.06. The number of piperazine rings is 1. The number of rotatable bonds is 10. The summed E-state index contributed by atoms with van der Waals surface area (Å²) in [4.78, 5) is 42.7. The van der Waals surface area contributed by atoms with Gasteiger partial charge in [-0.1, -0.05) is 24.3 Å². The van der Waals surface area contributed by atoms with Crippen LogP contribution in [0.3, 0.4) is 0 Å². The lowest BCUT2D eigenvalue weighted by Gasteiger charge is -2.36. The second-order valence-electron chi connectivity index (χ2n) is 11.0. The van der Waals surface area contributed by atoms with Crippen molar-refractivity contribution in [3.8, 4) is 11.8 Å². The highest BCUT2D eigenvalue weighted by atomic mass is 16.7. The standard InChI is InChI=1S/C31H38N6O7/c1-41-21-44-23-19-22-5-2-3-6-24(22)26(20-23)37-9-7-25-27(29(37)38)32-30(43-16-4-8-34-14-17-42-18-15-34)33-28(25)35-10-12-36(13-11-35)31(39)40/h2-3,5-6,19-20H,4,7-18,21H2,1H3,(H,39,40). The fourth-order valence-electron chi connectivity index (χ4n) is 5.95. The quantitative estimate of drug-likeness (QED) is 0.270. The number of aromatic nitrogens is 2. The molecule has 0 saturated carbocycles. The second-order valence-corrected chi connectivity index (χ2v) is 11.0. The van der Waals surface area contributed by atoms with Crippen LogP contribution in [0.15, 0.2) is 36.4 Å². The van der Waals surface area contributed by atoms with E-state index in [0.29, 0.717) is 63.0 Å². The van der Waals surface area contributed by atoms with Gasteiger partial charge in [-0.05, 0) is 24.3 Å². The highest BCUT2D eigenvalue weighted by molar-refractivity contribution is 6.12. The highest BCUT2D eigenvalue weighted by Gasteiger charge is 2.34. The number of nitrogens with zero attached hydrogens (tertiary/aromatic N) is 6. The Morgan fingerprint density at radius 2 is 1.80 bits per heavy atom. The number of fused-ring (bicyclic) bond motifs is 2. The topological polar surface area (TPSA) is 130 Å². The third-order valence-electron chi connectivity index (χ3n) is 8.25. The Balaban J connectivity index is 1.29. The van der Waals surface area contributed by atoms with Crippen molar-refractivity contribution in [1.82, 2.24) is 19.8 Å². The number of benzene rings is 2. The van der Waals surface area contributed by atoms with Crippen LogP contribution in [0.1, 0.15) is 22.5 Å². The number of carbonyl (C=O) groups is 2. The molecule has 1 aromatic heterocycles. The summed E-state index contributed by atoms with van der Waals surface area (Å²) in [6.07, 6.45) is 0.381. The van der Waals surface area contributed by atoms with Crippen molar-refractivity contribution >= 4 is 34.3 Å². The molecule has 4 heterocycles. The minimum atomic E-state index is -0.937. The van der Waals surface area contributed by atoms with E-state index < -0.39 is 6.09 Å². The lowest BCUT2D eigenvalue weighted by atomic mass is 10.0. The molecule has 0 unspecified atom stereocenters. The van der Waals surface area contributed by atoms with Crippen LogP contribution in [0.25, 0.3) is 10.8 Å². The van der Waals surface area contributed by atoms with Crippen LogP contribution >= 0.6 is 0 Å². The first-order chi connectivity index (χ1) is 21.5. The molecule has 234 valence electrons. The fourth-order valence-corrected chi connectivity index (χ4v) is 5.95. The van der Waals surface area contributed by atoms with Crippen molar-refractivity contribution in [3.63, 3.8) is 0 Å². The summed E-state index contributed by atoms with van der Waals surface area (Å²) in [5.74, 6) is 0.993. The van der Waals surface area contributed by atoms with Crippen LogP contribution in [0.5, 0.6) is 11.8 Å². The van der Waals surface area contributed by atoms with Gasteiger partial charge in [-0.3, -0.25) is 9.69 Å². The van der Waals surface area contributed by atoms with Gasteiger partial charge in [0.15, 0.2) is 6.79 Å². The van der Waals surface area contributed by atoms with Gasteiger partial charge in [-0.2, -0.15) is 9.97 Å². The van der Waals surface area contributed by atoms with Gasteiger partial charge >= 0.3 is 12.1 Å². The van der Waals surface area contributed by atoms with E-state index in [0.717, 1.165) is 61.3 Å². The summed E-state index contributed by atoms with van der Waals surface area (Å²) in [6.45, 7) is 6.71. The first-order valence-corrected chi connectivity index (χ1v) is 15.0. The molecule has 6 rings (SSSR count). The minimum Gasteiger partial charge on any atom is -0.467 e. The summed E-state index contributed by atoms with van der Waals surface area (Å²) in [6, 6.07) is 11.8. The third kappa shape index (κ3) is 6.49. The van der Waals surface area contributed by atoms with Crippen LogP contribution in [-0.2, 0) is 15.9 Å². The zero-order valence-corrected chi connectivity index (χ0v) is 24.9. The largest absolute Gasteiger partial charge is 0.467 e. The van der Waals surface area contributed by atoms with Crippen molar-refractivity contribution in [2.24, 2.45) is 0 Å². The average molecular weight is 607 g/mol. The summed E-state index contributed by atoms with van der Waals surface area (Å²) in [5, 5.41) is 11.3. The summed E-state index contributed by atoms with van der Waals surface area (Å²) >= 11 is 0. The molecule has 0 aliphatic carbocycles. The molecule has 0 spiro atoms. The Bertz CT molecular complexity index is 1490. The molecule has 3 aliphatic heterocycles. The molecule has 3 aromatic rings.